The van der Waals surface area contributed by atoms with Crippen molar-refractivity contribution in [2.75, 3.05) is 19.7 Å². The monoisotopic (exact) mass is 272 g/mol. The van der Waals surface area contributed by atoms with Crippen LogP contribution in [0, 0.1) is 5.92 Å². The largest absolute Gasteiger partial charge is 0.391 e. The average Bonchev–Trinajstić information content (AvgIpc) is 2.38. The molecular weight excluding hydrogens is 248 g/mol. The number of carbonyl (C=O) groups excluding carboxylic acids is 1. The van der Waals surface area contributed by atoms with E-state index in [0.29, 0.717) is 24.7 Å². The summed E-state index contributed by atoms with van der Waals surface area (Å²) in [6.45, 7) is 5.93. The van der Waals surface area contributed by atoms with Gasteiger partial charge in [-0.15, -0.1) is 0 Å². The fourth-order valence-corrected chi connectivity index (χ4v) is 2.51. The molecule has 0 aliphatic carbocycles. The van der Waals surface area contributed by atoms with Gasteiger partial charge in [0.15, 0.2) is 0 Å². The first-order valence-electron chi connectivity index (χ1n) is 6.79. The van der Waals surface area contributed by atoms with E-state index in [4.69, 9.17) is 22.7 Å². The highest BCUT2D eigenvalue weighted by atomic mass is 32.1. The van der Waals surface area contributed by atoms with Gasteiger partial charge in [0.2, 0.25) is 5.91 Å². The Morgan fingerprint density at radius 3 is 2.56 bits per heavy atom. The molecular formula is C13H24N2O2S. The van der Waals surface area contributed by atoms with Crippen LogP contribution in [0.15, 0.2) is 0 Å². The number of amides is 1. The molecule has 1 rings (SSSR count). The molecule has 1 aliphatic rings. The van der Waals surface area contributed by atoms with E-state index in [1.807, 2.05) is 4.90 Å². The lowest BCUT2D eigenvalue weighted by Gasteiger charge is -2.34. The van der Waals surface area contributed by atoms with Crippen LogP contribution in [0.1, 0.15) is 39.5 Å². The highest BCUT2D eigenvalue weighted by molar-refractivity contribution is 7.80. The van der Waals surface area contributed by atoms with Gasteiger partial charge in [-0.2, -0.15) is 0 Å². The molecule has 104 valence electrons. The normalized spacial score (nSPS) is 20.2. The van der Waals surface area contributed by atoms with Crippen LogP contribution in [0.5, 0.6) is 0 Å². The van der Waals surface area contributed by atoms with Crippen LogP contribution in [-0.4, -0.2) is 41.6 Å². The van der Waals surface area contributed by atoms with Gasteiger partial charge in [0.05, 0.1) is 13.2 Å². The Morgan fingerprint density at radius 1 is 1.44 bits per heavy atom. The van der Waals surface area contributed by atoms with Crippen molar-refractivity contribution in [2.24, 2.45) is 11.7 Å². The minimum Gasteiger partial charge on any atom is -0.391 e. The highest BCUT2D eigenvalue weighted by Crippen LogP contribution is 2.18. The fraction of sp³-hybridized carbons (Fsp3) is 0.846. The van der Waals surface area contributed by atoms with E-state index in [2.05, 4.69) is 13.8 Å². The quantitative estimate of drug-likeness (QED) is 0.748. The third-order valence-electron chi connectivity index (χ3n) is 3.32. The van der Waals surface area contributed by atoms with Crippen molar-refractivity contribution in [1.82, 2.24) is 4.90 Å². The molecule has 1 atom stereocenters. The summed E-state index contributed by atoms with van der Waals surface area (Å²) in [6, 6.07) is 0. The standard InChI is InChI=1S/C13H24N2O2S/c1-3-5-10(6-4-2)13(16)15-7-8-17-11(9-15)12(14)18/h10-11H,3-9H2,1-2H3,(H2,14,18). The second-order valence-corrected chi connectivity index (χ2v) is 5.29. The number of morpholine rings is 1. The molecule has 1 heterocycles. The van der Waals surface area contributed by atoms with Gasteiger partial charge in [-0.05, 0) is 12.8 Å². The molecule has 0 spiro atoms. The lowest BCUT2D eigenvalue weighted by atomic mass is 9.96. The Labute approximate surface area is 115 Å². The molecule has 1 fully saturated rings. The summed E-state index contributed by atoms with van der Waals surface area (Å²) in [7, 11) is 0. The molecule has 1 amide bonds. The Bertz CT molecular complexity index is 291. The molecule has 18 heavy (non-hydrogen) atoms. The van der Waals surface area contributed by atoms with Crippen molar-refractivity contribution >= 4 is 23.1 Å². The van der Waals surface area contributed by atoms with E-state index >= 15 is 0 Å². The summed E-state index contributed by atoms with van der Waals surface area (Å²) in [4.78, 5) is 14.6. The topological polar surface area (TPSA) is 55.6 Å². The van der Waals surface area contributed by atoms with E-state index in [9.17, 15) is 4.79 Å². The molecule has 5 heteroatoms. The van der Waals surface area contributed by atoms with Crippen molar-refractivity contribution in [3.8, 4) is 0 Å². The molecule has 0 bridgehead atoms. The summed E-state index contributed by atoms with van der Waals surface area (Å²) in [5.74, 6) is 0.383. The minimum absolute atomic E-state index is 0.144. The van der Waals surface area contributed by atoms with Crippen LogP contribution < -0.4 is 5.73 Å². The van der Waals surface area contributed by atoms with Gasteiger partial charge in [0.1, 0.15) is 11.1 Å². The molecule has 1 saturated heterocycles. The van der Waals surface area contributed by atoms with Crippen LogP contribution >= 0.6 is 12.2 Å². The zero-order valence-corrected chi connectivity index (χ0v) is 12.2. The third kappa shape index (κ3) is 4.21. The van der Waals surface area contributed by atoms with E-state index in [1.165, 1.54) is 0 Å². The second-order valence-electron chi connectivity index (χ2n) is 4.82. The predicted octanol–water partition coefficient (Wildman–Crippen LogP) is 1.72. The molecule has 0 saturated carbocycles. The van der Waals surface area contributed by atoms with Gasteiger partial charge in [-0.3, -0.25) is 4.79 Å². The zero-order chi connectivity index (χ0) is 13.5. The van der Waals surface area contributed by atoms with Gasteiger partial charge < -0.3 is 15.4 Å². The number of hydrogen-bond acceptors (Lipinski definition) is 3. The van der Waals surface area contributed by atoms with Gasteiger partial charge in [0, 0.05) is 12.5 Å². The fourth-order valence-electron chi connectivity index (χ4n) is 2.37. The SMILES string of the molecule is CCCC(CCC)C(=O)N1CCOC(C(N)=S)C1. The van der Waals surface area contributed by atoms with Gasteiger partial charge in [-0.25, -0.2) is 0 Å². The molecule has 0 radical (unpaired) electrons. The van der Waals surface area contributed by atoms with Crippen LogP contribution in [-0.2, 0) is 9.53 Å². The van der Waals surface area contributed by atoms with Crippen LogP contribution in [0.4, 0.5) is 0 Å². The first-order valence-corrected chi connectivity index (χ1v) is 7.20. The van der Waals surface area contributed by atoms with Crippen molar-refractivity contribution in [3.05, 3.63) is 0 Å². The van der Waals surface area contributed by atoms with Gasteiger partial charge in [-0.1, -0.05) is 38.9 Å². The average molecular weight is 272 g/mol. The zero-order valence-electron chi connectivity index (χ0n) is 11.4. The van der Waals surface area contributed by atoms with Crippen LogP contribution in [0.25, 0.3) is 0 Å². The number of carbonyl (C=O) groups is 1. The molecule has 2 N–H and O–H groups in total. The predicted molar refractivity (Wildman–Crippen MR) is 76.4 cm³/mol. The van der Waals surface area contributed by atoms with Crippen LogP contribution in [0.3, 0.4) is 0 Å². The smallest absolute Gasteiger partial charge is 0.225 e. The van der Waals surface area contributed by atoms with Gasteiger partial charge in [0.25, 0.3) is 0 Å². The van der Waals surface area contributed by atoms with Crippen LogP contribution in [0.2, 0.25) is 0 Å². The maximum Gasteiger partial charge on any atom is 0.225 e. The molecule has 1 unspecified atom stereocenters. The minimum atomic E-state index is -0.276. The second kappa shape index (κ2) is 7.69. The summed E-state index contributed by atoms with van der Waals surface area (Å²) in [5, 5.41) is 0. The van der Waals surface area contributed by atoms with Gasteiger partial charge >= 0.3 is 0 Å². The first kappa shape index (κ1) is 15.4. The van der Waals surface area contributed by atoms with E-state index in [1.54, 1.807) is 0 Å². The summed E-state index contributed by atoms with van der Waals surface area (Å²) in [5.41, 5.74) is 5.59. The molecule has 4 nitrogen and oxygen atoms in total. The van der Waals surface area contributed by atoms with Crippen molar-refractivity contribution in [3.63, 3.8) is 0 Å². The summed E-state index contributed by atoms with van der Waals surface area (Å²) >= 11 is 4.94. The molecule has 0 aromatic carbocycles. The molecule has 0 aromatic rings. The Morgan fingerprint density at radius 2 is 2.06 bits per heavy atom. The number of nitrogens with two attached hydrogens (primary N) is 1. The van der Waals surface area contributed by atoms with Crippen molar-refractivity contribution < 1.29 is 9.53 Å². The Balaban J connectivity index is 2.60. The molecule has 0 aromatic heterocycles. The number of nitrogens with zero attached hydrogens (tertiary/aromatic N) is 1. The third-order valence-corrected chi connectivity index (χ3v) is 3.58. The molecule has 1 aliphatic heterocycles. The number of rotatable bonds is 6. The Hall–Kier alpha value is -0.680. The van der Waals surface area contributed by atoms with E-state index in [-0.39, 0.29) is 17.9 Å². The van der Waals surface area contributed by atoms with E-state index < -0.39 is 0 Å². The van der Waals surface area contributed by atoms with Crippen molar-refractivity contribution in [2.45, 2.75) is 45.6 Å². The summed E-state index contributed by atoms with van der Waals surface area (Å²) in [6.07, 6.45) is 3.73. The number of hydrogen-bond donors (Lipinski definition) is 1. The van der Waals surface area contributed by atoms with Crippen molar-refractivity contribution in [1.29, 1.82) is 0 Å². The Kier molecular flexibility index (Phi) is 6.57. The van der Waals surface area contributed by atoms with E-state index in [0.717, 1.165) is 25.7 Å². The highest BCUT2D eigenvalue weighted by Gasteiger charge is 2.29. The summed E-state index contributed by atoms with van der Waals surface area (Å²) < 4.78 is 5.46. The number of ether oxygens (including phenoxy) is 1. The lowest BCUT2D eigenvalue weighted by molar-refractivity contribution is -0.141. The lowest BCUT2D eigenvalue weighted by Crippen LogP contribution is -2.51. The maximum absolute atomic E-state index is 12.4. The first-order chi connectivity index (χ1) is 8.60. The maximum atomic E-state index is 12.4. The number of thiocarbonyl (C=S) groups is 1.